The largest absolute Gasteiger partial charge is 0.269 e. The van der Waals surface area contributed by atoms with E-state index in [-0.39, 0.29) is 11.5 Å². The van der Waals surface area contributed by atoms with Crippen molar-refractivity contribution in [2.45, 2.75) is 39.0 Å². The van der Waals surface area contributed by atoms with E-state index in [4.69, 9.17) is 28.5 Å². The van der Waals surface area contributed by atoms with Crippen LogP contribution in [-0.4, -0.2) is 9.78 Å². The van der Waals surface area contributed by atoms with Crippen molar-refractivity contribution in [1.29, 1.82) is 5.26 Å². The van der Waals surface area contributed by atoms with Crippen LogP contribution in [0.15, 0.2) is 23.0 Å². The summed E-state index contributed by atoms with van der Waals surface area (Å²) in [6.07, 6.45) is 1.49. The van der Waals surface area contributed by atoms with E-state index in [2.05, 4.69) is 11.2 Å². The van der Waals surface area contributed by atoms with Gasteiger partial charge in [0, 0.05) is 35.5 Å². The van der Waals surface area contributed by atoms with Gasteiger partial charge in [-0.05, 0) is 41.7 Å². The van der Waals surface area contributed by atoms with E-state index in [1.165, 1.54) is 4.68 Å². The van der Waals surface area contributed by atoms with E-state index in [1.54, 1.807) is 7.05 Å². The number of hydrogen-bond donors (Lipinski definition) is 0. The number of aryl methyl sites for hydroxylation is 2. The van der Waals surface area contributed by atoms with E-state index in [9.17, 15) is 4.79 Å². The van der Waals surface area contributed by atoms with Gasteiger partial charge < -0.3 is 0 Å². The Bertz CT molecular complexity index is 827. The molecule has 0 unspecified atom stereocenters. The Hall–Kier alpha value is -1.83. The zero-order valence-corrected chi connectivity index (χ0v) is 15.4. The van der Waals surface area contributed by atoms with Crippen LogP contribution in [0.4, 0.5) is 0 Å². The zero-order valence-electron chi connectivity index (χ0n) is 13.9. The van der Waals surface area contributed by atoms with Crippen LogP contribution in [0.3, 0.4) is 0 Å². The minimum atomic E-state index is -0.0854. The van der Waals surface area contributed by atoms with Gasteiger partial charge in [0.1, 0.15) is 0 Å². The van der Waals surface area contributed by atoms with Gasteiger partial charge in [0.25, 0.3) is 5.56 Å². The van der Waals surface area contributed by atoms with Gasteiger partial charge in [-0.3, -0.25) is 4.79 Å². The molecule has 4 nitrogen and oxygen atoms in total. The fourth-order valence-corrected chi connectivity index (χ4v) is 3.21. The van der Waals surface area contributed by atoms with E-state index >= 15 is 0 Å². The van der Waals surface area contributed by atoms with E-state index < -0.39 is 0 Å². The van der Waals surface area contributed by atoms with Gasteiger partial charge in [-0.2, -0.15) is 10.4 Å². The fraction of sp³-hybridized carbons (Fsp3) is 0.389. The third kappa shape index (κ3) is 4.17. The second-order valence-electron chi connectivity index (χ2n) is 6.05. The van der Waals surface area contributed by atoms with Crippen LogP contribution in [0.5, 0.6) is 0 Å². The van der Waals surface area contributed by atoms with Crippen molar-refractivity contribution in [3.05, 3.63) is 61.0 Å². The molecule has 1 heterocycles. The highest BCUT2D eigenvalue weighted by molar-refractivity contribution is 6.36. The lowest BCUT2D eigenvalue weighted by molar-refractivity contribution is 0.658. The van der Waals surface area contributed by atoms with E-state index in [0.29, 0.717) is 29.3 Å². The zero-order chi connectivity index (χ0) is 17.9. The fourth-order valence-electron chi connectivity index (χ4n) is 2.55. The van der Waals surface area contributed by atoms with Crippen LogP contribution in [-0.2, 0) is 19.9 Å². The van der Waals surface area contributed by atoms with Gasteiger partial charge in [0.05, 0.1) is 11.8 Å². The molecule has 0 spiro atoms. The summed E-state index contributed by atoms with van der Waals surface area (Å²) in [6.45, 7) is 3.95. The van der Waals surface area contributed by atoms with Crippen molar-refractivity contribution in [3.63, 3.8) is 0 Å². The molecular formula is C18H19Cl2N3O. The first-order valence-corrected chi connectivity index (χ1v) is 8.50. The smallest absolute Gasteiger partial charge is 0.268 e. The number of hydrogen-bond acceptors (Lipinski definition) is 3. The Morgan fingerprint density at radius 3 is 2.42 bits per heavy atom. The molecule has 126 valence electrons. The number of halogens is 2. The molecule has 0 fully saturated rings. The highest BCUT2D eigenvalue weighted by Crippen LogP contribution is 2.29. The molecule has 24 heavy (non-hydrogen) atoms. The Morgan fingerprint density at radius 2 is 1.88 bits per heavy atom. The maximum atomic E-state index is 12.1. The molecule has 0 aliphatic carbocycles. The summed E-state index contributed by atoms with van der Waals surface area (Å²) in [5.74, 6) is 0.116. The first kappa shape index (κ1) is 18.5. The van der Waals surface area contributed by atoms with Crippen molar-refractivity contribution in [1.82, 2.24) is 9.78 Å². The Balaban J connectivity index is 2.38. The van der Waals surface area contributed by atoms with Gasteiger partial charge in [-0.1, -0.05) is 37.0 Å². The molecule has 0 saturated carbocycles. The van der Waals surface area contributed by atoms with E-state index in [1.807, 2.05) is 32.0 Å². The average Bonchev–Trinajstić information content (AvgIpc) is 2.51. The van der Waals surface area contributed by atoms with Crippen molar-refractivity contribution in [2.75, 3.05) is 0 Å². The quantitative estimate of drug-likeness (QED) is 0.797. The number of nitrogens with zero attached hydrogens (tertiary/aromatic N) is 3. The van der Waals surface area contributed by atoms with Crippen LogP contribution in [0.1, 0.15) is 48.6 Å². The molecule has 0 aliphatic rings. The maximum absolute atomic E-state index is 12.1. The molecule has 1 aromatic heterocycles. The first-order valence-electron chi connectivity index (χ1n) is 7.74. The number of rotatable bonds is 5. The lowest BCUT2D eigenvalue weighted by Gasteiger charge is -2.12. The summed E-state index contributed by atoms with van der Waals surface area (Å²) >= 11 is 12.7. The Morgan fingerprint density at radius 1 is 1.25 bits per heavy atom. The minimum absolute atomic E-state index is 0.0854. The molecule has 2 rings (SSSR count). The highest BCUT2D eigenvalue weighted by Gasteiger charge is 2.14. The Labute approximate surface area is 151 Å². The van der Waals surface area contributed by atoms with Crippen LogP contribution >= 0.6 is 23.2 Å². The Kier molecular flexibility index (Phi) is 6.04. The standard InChI is InChI=1S/C18H19Cl2N3O/c1-11(2)14-9-13(22-23(3)18(14)24)10-15-16(19)7-12(5-4-6-21)8-17(15)20/h7-9,11H,4-5,10H2,1-3H3. The summed E-state index contributed by atoms with van der Waals surface area (Å²) in [7, 11) is 1.64. The van der Waals surface area contributed by atoms with Crippen molar-refractivity contribution < 1.29 is 0 Å². The van der Waals surface area contributed by atoms with E-state index in [0.717, 1.165) is 22.4 Å². The molecule has 0 amide bonds. The maximum Gasteiger partial charge on any atom is 0.269 e. The van der Waals surface area contributed by atoms with Crippen molar-refractivity contribution in [3.8, 4) is 6.07 Å². The second-order valence-corrected chi connectivity index (χ2v) is 6.86. The molecule has 0 saturated heterocycles. The van der Waals surface area contributed by atoms with Crippen LogP contribution in [0.25, 0.3) is 0 Å². The molecule has 0 atom stereocenters. The van der Waals surface area contributed by atoms with Gasteiger partial charge in [0.2, 0.25) is 0 Å². The third-order valence-electron chi connectivity index (χ3n) is 3.85. The minimum Gasteiger partial charge on any atom is -0.268 e. The van der Waals surface area contributed by atoms with Gasteiger partial charge in [0.15, 0.2) is 0 Å². The van der Waals surface area contributed by atoms with Crippen molar-refractivity contribution >= 4 is 23.2 Å². The molecular weight excluding hydrogens is 345 g/mol. The lowest BCUT2D eigenvalue weighted by atomic mass is 10.0. The molecule has 1 aromatic carbocycles. The van der Waals surface area contributed by atoms with Gasteiger partial charge in [-0.15, -0.1) is 0 Å². The summed E-state index contributed by atoms with van der Waals surface area (Å²) in [6, 6.07) is 7.61. The monoisotopic (exact) mass is 363 g/mol. The molecule has 0 aliphatic heterocycles. The van der Waals surface area contributed by atoms with Crippen molar-refractivity contribution in [2.24, 2.45) is 7.05 Å². The summed E-state index contributed by atoms with van der Waals surface area (Å²) in [5.41, 5.74) is 3.10. The summed E-state index contributed by atoms with van der Waals surface area (Å²) < 4.78 is 1.35. The van der Waals surface area contributed by atoms with Gasteiger partial charge >= 0.3 is 0 Å². The predicted octanol–water partition coefficient (Wildman–Crippen LogP) is 4.26. The highest BCUT2D eigenvalue weighted by atomic mass is 35.5. The molecule has 0 bridgehead atoms. The van der Waals surface area contributed by atoms with Crippen LogP contribution in [0.2, 0.25) is 10.0 Å². The molecule has 6 heteroatoms. The second kappa shape index (κ2) is 7.83. The average molecular weight is 364 g/mol. The lowest BCUT2D eigenvalue weighted by Crippen LogP contribution is -2.25. The number of nitriles is 1. The molecule has 0 radical (unpaired) electrons. The predicted molar refractivity (Wildman–Crippen MR) is 96.8 cm³/mol. The topological polar surface area (TPSA) is 58.7 Å². The van der Waals surface area contributed by atoms with Crippen LogP contribution in [0, 0.1) is 11.3 Å². The van der Waals surface area contributed by atoms with Crippen LogP contribution < -0.4 is 5.56 Å². The normalized spacial score (nSPS) is 10.9. The number of benzene rings is 1. The first-order chi connectivity index (χ1) is 11.3. The van der Waals surface area contributed by atoms with Gasteiger partial charge in [-0.25, -0.2) is 4.68 Å². The number of aromatic nitrogens is 2. The third-order valence-corrected chi connectivity index (χ3v) is 4.52. The molecule has 0 N–H and O–H groups in total. The summed E-state index contributed by atoms with van der Waals surface area (Å²) in [5, 5.41) is 14.1. The SMILES string of the molecule is CC(C)c1cc(Cc2c(Cl)cc(CCC#N)cc2Cl)nn(C)c1=O. The summed E-state index contributed by atoms with van der Waals surface area (Å²) in [4.78, 5) is 12.1. The molecule has 2 aromatic rings.